The van der Waals surface area contributed by atoms with Crippen molar-refractivity contribution in [1.29, 1.82) is 0 Å². The van der Waals surface area contributed by atoms with Gasteiger partial charge >= 0.3 is 0 Å². The molecule has 0 fully saturated rings. The van der Waals surface area contributed by atoms with Crippen LogP contribution in [0.1, 0.15) is 60.1 Å². The van der Waals surface area contributed by atoms with Crippen LogP contribution in [0.2, 0.25) is 13.1 Å². The number of rotatable bonds is 3. The summed E-state index contributed by atoms with van der Waals surface area (Å²) in [6.07, 6.45) is 6.95. The van der Waals surface area contributed by atoms with Crippen molar-refractivity contribution in [2.75, 3.05) is 32.1 Å². The molecule has 0 saturated heterocycles. The Hall–Kier alpha value is -3.69. The molecule has 3 heterocycles. The summed E-state index contributed by atoms with van der Waals surface area (Å²) >= 11 is 0. The second-order valence-corrected chi connectivity index (χ2v) is 18.2. The van der Waals surface area contributed by atoms with Gasteiger partial charge in [-0.1, -0.05) is 69.4 Å². The van der Waals surface area contributed by atoms with E-state index in [2.05, 4.69) is 117 Å². The Kier molecular flexibility index (Phi) is 6.43. The summed E-state index contributed by atoms with van der Waals surface area (Å²) in [4.78, 5) is 2.51. The van der Waals surface area contributed by atoms with Crippen molar-refractivity contribution in [3.05, 3.63) is 111 Å². The minimum Gasteiger partial charge on any atom is -0.374 e. The summed E-state index contributed by atoms with van der Waals surface area (Å²) in [5, 5.41) is 12.1. The molecular formula is C41H45N2Si+. The molecule has 0 aliphatic carbocycles. The molecule has 0 aromatic heterocycles. The van der Waals surface area contributed by atoms with E-state index in [4.69, 9.17) is 0 Å². The molecule has 0 N–H and O–H groups in total. The van der Waals surface area contributed by atoms with Gasteiger partial charge in [-0.15, -0.1) is 0 Å². The first-order chi connectivity index (χ1) is 21.3. The van der Waals surface area contributed by atoms with E-state index in [0.29, 0.717) is 0 Å². The van der Waals surface area contributed by atoms with E-state index >= 15 is 0 Å². The Morgan fingerprint density at radius 2 is 1.45 bits per heavy atom. The lowest BCUT2D eigenvalue weighted by molar-refractivity contribution is 0.589. The van der Waals surface area contributed by atoms with Crippen LogP contribution >= 0.6 is 0 Å². The van der Waals surface area contributed by atoms with Gasteiger partial charge in [0.25, 0.3) is 0 Å². The van der Waals surface area contributed by atoms with Crippen LogP contribution in [0.5, 0.6) is 0 Å². The van der Waals surface area contributed by atoms with Gasteiger partial charge in [-0.3, -0.25) is 0 Å². The molecule has 222 valence electrons. The third-order valence-electron chi connectivity index (χ3n) is 11.3. The summed E-state index contributed by atoms with van der Waals surface area (Å²) in [5.41, 5.74) is 12.0. The maximum absolute atomic E-state index is 2.65. The molecule has 0 spiro atoms. The molecule has 3 heteroatoms. The van der Waals surface area contributed by atoms with Gasteiger partial charge < -0.3 is 4.90 Å². The first-order valence-electron chi connectivity index (χ1n) is 16.9. The van der Waals surface area contributed by atoms with Crippen molar-refractivity contribution < 1.29 is 0 Å². The highest BCUT2D eigenvalue weighted by atomic mass is 28.3. The van der Waals surface area contributed by atoms with Gasteiger partial charge in [-0.25, -0.2) is 4.58 Å². The van der Waals surface area contributed by atoms with E-state index in [9.17, 15) is 0 Å². The van der Waals surface area contributed by atoms with Crippen LogP contribution in [0.3, 0.4) is 0 Å². The molecule has 2 nitrogen and oxygen atoms in total. The third kappa shape index (κ3) is 3.81. The maximum atomic E-state index is 2.65. The Morgan fingerprint density at radius 1 is 0.750 bits per heavy atom. The molecule has 0 bridgehead atoms. The van der Waals surface area contributed by atoms with Crippen LogP contribution in [0, 0.1) is 0 Å². The average molecular weight is 594 g/mol. The minimum atomic E-state index is -2.02. The standard InChI is InChI=1S/C41H45N2Si/c1-7-27-29-13-9-10-14-30(29)28(8-2)36-25-26(17-18-31(27)36)39-34-19-21-37-32(15-11-23-42(37)3)40(34)44(5,6)41-33-16-12-24-43(4)38(33)22-20-35(39)41/h9-10,13-14,17-22,25H,7-8,11-12,15-16,23-24H2,1-6H3/q+1. The van der Waals surface area contributed by atoms with E-state index in [1.807, 2.05) is 0 Å². The lowest BCUT2D eigenvalue weighted by Gasteiger charge is -2.40. The van der Waals surface area contributed by atoms with Crippen LogP contribution in [0.25, 0.3) is 27.1 Å². The van der Waals surface area contributed by atoms with Crippen molar-refractivity contribution in [2.45, 2.75) is 65.5 Å². The zero-order chi connectivity index (χ0) is 30.3. The number of benzene rings is 5. The van der Waals surface area contributed by atoms with Crippen molar-refractivity contribution in [3.8, 4) is 0 Å². The second-order valence-electron chi connectivity index (χ2n) is 14.0. The third-order valence-corrected chi connectivity index (χ3v) is 14.9. The molecule has 5 aromatic rings. The molecule has 8 rings (SSSR count). The monoisotopic (exact) mass is 593 g/mol. The zero-order valence-corrected chi connectivity index (χ0v) is 28.4. The van der Waals surface area contributed by atoms with Crippen LogP contribution in [-0.2, 0) is 25.7 Å². The lowest BCUT2D eigenvalue weighted by Crippen LogP contribution is -2.67. The van der Waals surface area contributed by atoms with Gasteiger partial charge in [0.05, 0.1) is 0 Å². The number of hydrogen-bond acceptors (Lipinski definition) is 1. The Labute approximate surface area is 263 Å². The molecule has 0 atom stereocenters. The number of aryl methyl sites for hydroxylation is 2. The molecule has 3 aliphatic heterocycles. The lowest BCUT2D eigenvalue weighted by atomic mass is 9.85. The molecule has 0 amide bonds. The van der Waals surface area contributed by atoms with Gasteiger partial charge in [0.1, 0.15) is 21.7 Å². The Balaban J connectivity index is 1.54. The number of fused-ring (bicyclic) bond motifs is 8. The highest BCUT2D eigenvalue weighted by Gasteiger charge is 2.41. The highest BCUT2D eigenvalue weighted by Crippen LogP contribution is 2.38. The van der Waals surface area contributed by atoms with Crippen molar-refractivity contribution in [2.24, 2.45) is 0 Å². The SMILES string of the molecule is CCc1c2ccccc2c(CC)c2cc(C3=c4ccc5c(c4[Si](C)(C)c4c3ccc3c4CCCN3C)CCC[N+]=5C)ccc12. The van der Waals surface area contributed by atoms with Crippen molar-refractivity contribution >= 4 is 51.3 Å². The van der Waals surface area contributed by atoms with Gasteiger partial charge in [0.15, 0.2) is 0 Å². The molecular weight excluding hydrogens is 549 g/mol. The Morgan fingerprint density at radius 3 is 2.20 bits per heavy atom. The normalized spacial score (nSPS) is 17.0. The van der Waals surface area contributed by atoms with Crippen molar-refractivity contribution in [3.63, 3.8) is 0 Å². The second kappa shape index (κ2) is 10.2. The first kappa shape index (κ1) is 27.8. The van der Waals surface area contributed by atoms with Gasteiger partial charge in [0, 0.05) is 37.3 Å². The fourth-order valence-corrected chi connectivity index (χ4v) is 13.4. The van der Waals surface area contributed by atoms with Crippen LogP contribution in [-0.4, -0.2) is 35.3 Å². The van der Waals surface area contributed by atoms with Crippen LogP contribution < -0.4 is 30.4 Å². The van der Waals surface area contributed by atoms with E-state index in [1.165, 1.54) is 91.3 Å². The molecule has 0 saturated carbocycles. The van der Waals surface area contributed by atoms with Crippen LogP contribution in [0.4, 0.5) is 5.69 Å². The van der Waals surface area contributed by atoms with E-state index in [1.54, 1.807) is 21.5 Å². The number of hydrogen-bond donors (Lipinski definition) is 0. The van der Waals surface area contributed by atoms with Crippen molar-refractivity contribution in [1.82, 2.24) is 4.58 Å². The van der Waals surface area contributed by atoms with Gasteiger partial charge in [-0.05, 0) is 121 Å². The smallest absolute Gasteiger partial charge is 0.202 e. The average Bonchev–Trinajstić information content (AvgIpc) is 3.03. The molecule has 0 radical (unpaired) electrons. The predicted octanol–water partition coefficient (Wildman–Crippen LogP) is 5.95. The fraction of sp³-hybridized carbons (Fsp3) is 0.341. The molecule has 0 unspecified atom stereocenters. The largest absolute Gasteiger partial charge is 0.374 e. The fourth-order valence-electron chi connectivity index (χ4n) is 9.42. The first-order valence-corrected chi connectivity index (χ1v) is 19.9. The highest BCUT2D eigenvalue weighted by molar-refractivity contribution is 7.02. The Bertz CT molecular complexity index is 2150. The molecule has 5 aromatic carbocycles. The maximum Gasteiger partial charge on any atom is 0.202 e. The summed E-state index contributed by atoms with van der Waals surface area (Å²) in [6.45, 7) is 12.3. The molecule has 3 aliphatic rings. The van der Waals surface area contributed by atoms with E-state index in [0.717, 1.165) is 25.9 Å². The topological polar surface area (TPSA) is 6.25 Å². The summed E-state index contributed by atoms with van der Waals surface area (Å²) in [5.74, 6) is 0. The number of nitrogens with zero attached hydrogens (tertiary/aromatic N) is 2. The van der Waals surface area contributed by atoms with E-state index in [-0.39, 0.29) is 0 Å². The summed E-state index contributed by atoms with van der Waals surface area (Å²) < 4.78 is 2.51. The molecule has 44 heavy (non-hydrogen) atoms. The van der Waals surface area contributed by atoms with E-state index < -0.39 is 8.07 Å². The zero-order valence-electron chi connectivity index (χ0n) is 27.4. The number of anilines is 1. The summed E-state index contributed by atoms with van der Waals surface area (Å²) in [7, 11) is 2.57. The minimum absolute atomic E-state index is 1.03. The predicted molar refractivity (Wildman–Crippen MR) is 193 cm³/mol. The summed E-state index contributed by atoms with van der Waals surface area (Å²) in [6, 6.07) is 26.4. The van der Waals surface area contributed by atoms with Crippen LogP contribution in [0.15, 0.2) is 66.7 Å². The quantitative estimate of drug-likeness (QED) is 0.142. The van der Waals surface area contributed by atoms with Gasteiger partial charge in [-0.2, -0.15) is 0 Å². The van der Waals surface area contributed by atoms with Gasteiger partial charge in [0.2, 0.25) is 5.36 Å².